The summed E-state index contributed by atoms with van der Waals surface area (Å²) in [6.07, 6.45) is 0.330. The zero-order valence-electron chi connectivity index (χ0n) is 12.5. The number of aromatic hydroxyl groups is 1. The highest BCUT2D eigenvalue weighted by molar-refractivity contribution is 5.95. The molecule has 4 nitrogen and oxygen atoms in total. The van der Waals surface area contributed by atoms with Crippen molar-refractivity contribution in [3.8, 4) is 5.75 Å². The third-order valence-corrected chi connectivity index (χ3v) is 3.23. The molecule has 0 spiro atoms. The van der Waals surface area contributed by atoms with E-state index in [-0.39, 0.29) is 31.0 Å². The van der Waals surface area contributed by atoms with Crippen molar-refractivity contribution in [2.45, 2.75) is 25.9 Å². The van der Waals surface area contributed by atoms with Gasteiger partial charge in [0.25, 0.3) is 0 Å². The highest BCUT2D eigenvalue weighted by Crippen LogP contribution is 2.13. The largest absolute Gasteiger partial charge is 0.508 e. The first-order valence-corrected chi connectivity index (χ1v) is 7.22. The number of rotatable bonds is 7. The standard InChI is InChI=1S/C18H17FO4/c19-15-5-1-4-14(9-15)12-23-18(22)11-17(21)8-7-13-3-2-6-16(20)10-13/h1-6,9-10,20H,7-8,11-12H2. The summed E-state index contributed by atoms with van der Waals surface area (Å²) in [6, 6.07) is 12.4. The Hall–Kier alpha value is -2.69. The van der Waals surface area contributed by atoms with Gasteiger partial charge in [-0.15, -0.1) is 0 Å². The first-order valence-electron chi connectivity index (χ1n) is 7.22. The van der Waals surface area contributed by atoms with Gasteiger partial charge in [0.15, 0.2) is 0 Å². The zero-order valence-corrected chi connectivity index (χ0v) is 12.5. The minimum Gasteiger partial charge on any atom is -0.508 e. The summed E-state index contributed by atoms with van der Waals surface area (Å²) in [7, 11) is 0. The molecule has 0 amide bonds. The molecule has 0 saturated carbocycles. The quantitative estimate of drug-likeness (QED) is 0.629. The fourth-order valence-corrected chi connectivity index (χ4v) is 2.09. The summed E-state index contributed by atoms with van der Waals surface area (Å²) in [5, 5.41) is 9.34. The van der Waals surface area contributed by atoms with Crippen molar-refractivity contribution in [1.29, 1.82) is 0 Å². The SMILES string of the molecule is O=C(CCc1cccc(O)c1)CC(=O)OCc1cccc(F)c1. The fraction of sp³-hybridized carbons (Fsp3) is 0.222. The van der Waals surface area contributed by atoms with Crippen LogP contribution in [0.1, 0.15) is 24.0 Å². The van der Waals surface area contributed by atoms with E-state index in [1.54, 1.807) is 30.3 Å². The van der Waals surface area contributed by atoms with Gasteiger partial charge in [-0.3, -0.25) is 9.59 Å². The van der Waals surface area contributed by atoms with Crippen LogP contribution < -0.4 is 0 Å². The predicted molar refractivity (Wildman–Crippen MR) is 82.2 cm³/mol. The van der Waals surface area contributed by atoms with Crippen LogP contribution in [0.4, 0.5) is 4.39 Å². The second-order valence-corrected chi connectivity index (χ2v) is 5.18. The van der Waals surface area contributed by atoms with Gasteiger partial charge in [0, 0.05) is 6.42 Å². The maximum absolute atomic E-state index is 13.0. The lowest BCUT2D eigenvalue weighted by molar-refractivity contribution is -0.147. The van der Waals surface area contributed by atoms with E-state index in [0.29, 0.717) is 12.0 Å². The normalized spacial score (nSPS) is 10.3. The number of halogens is 1. The summed E-state index contributed by atoms with van der Waals surface area (Å²) in [6.45, 7) is -0.0591. The Balaban J connectivity index is 1.73. The van der Waals surface area contributed by atoms with Crippen LogP contribution in [0.25, 0.3) is 0 Å². The summed E-state index contributed by atoms with van der Waals surface area (Å²) in [4.78, 5) is 23.4. The molecule has 120 valence electrons. The molecule has 0 aromatic heterocycles. The molecule has 23 heavy (non-hydrogen) atoms. The molecule has 0 saturated heterocycles. The molecule has 0 aliphatic rings. The highest BCUT2D eigenvalue weighted by atomic mass is 19.1. The molecular weight excluding hydrogens is 299 g/mol. The van der Waals surface area contributed by atoms with E-state index in [1.807, 2.05) is 0 Å². The van der Waals surface area contributed by atoms with Gasteiger partial charge in [0.1, 0.15) is 30.4 Å². The monoisotopic (exact) mass is 316 g/mol. The Morgan fingerprint density at radius 1 is 1.04 bits per heavy atom. The van der Waals surface area contributed by atoms with Crippen molar-refractivity contribution in [1.82, 2.24) is 0 Å². The Morgan fingerprint density at radius 2 is 1.78 bits per heavy atom. The Labute approximate surface area is 133 Å². The zero-order chi connectivity index (χ0) is 16.7. The molecular formula is C18H17FO4. The van der Waals surface area contributed by atoms with Crippen LogP contribution >= 0.6 is 0 Å². The first-order chi connectivity index (χ1) is 11.0. The van der Waals surface area contributed by atoms with Crippen LogP contribution in [0, 0.1) is 5.82 Å². The van der Waals surface area contributed by atoms with E-state index >= 15 is 0 Å². The first kappa shape index (κ1) is 16.7. The molecule has 0 atom stereocenters. The number of benzene rings is 2. The van der Waals surface area contributed by atoms with Gasteiger partial charge in [-0.2, -0.15) is 0 Å². The van der Waals surface area contributed by atoms with Gasteiger partial charge in [-0.1, -0.05) is 24.3 Å². The third kappa shape index (κ3) is 5.90. The number of Topliss-reactive ketones (excluding diaryl/α,β-unsaturated/α-hetero) is 1. The average molecular weight is 316 g/mol. The second kappa shape index (κ2) is 8.08. The maximum atomic E-state index is 13.0. The lowest BCUT2D eigenvalue weighted by Crippen LogP contribution is -2.12. The molecule has 5 heteroatoms. The van der Waals surface area contributed by atoms with E-state index in [0.717, 1.165) is 5.56 Å². The third-order valence-electron chi connectivity index (χ3n) is 3.23. The molecule has 1 N–H and O–H groups in total. The van der Waals surface area contributed by atoms with Gasteiger partial charge in [-0.05, 0) is 41.8 Å². The fourth-order valence-electron chi connectivity index (χ4n) is 2.09. The number of ketones is 1. The number of aryl methyl sites for hydroxylation is 1. The minimum atomic E-state index is -0.629. The molecule has 0 unspecified atom stereocenters. The van der Waals surface area contributed by atoms with Crippen LogP contribution in [0.2, 0.25) is 0 Å². The number of carbonyl (C=O) groups is 2. The van der Waals surface area contributed by atoms with Gasteiger partial charge in [0.05, 0.1) is 0 Å². The number of carbonyl (C=O) groups excluding carboxylic acids is 2. The van der Waals surface area contributed by atoms with Crippen molar-refractivity contribution in [3.05, 3.63) is 65.5 Å². The lowest BCUT2D eigenvalue weighted by Gasteiger charge is -2.05. The minimum absolute atomic E-state index is 0.0591. The van der Waals surface area contributed by atoms with Crippen LogP contribution in [0.3, 0.4) is 0 Å². The summed E-state index contributed by atoms with van der Waals surface area (Å²) >= 11 is 0. The van der Waals surface area contributed by atoms with E-state index in [9.17, 15) is 19.1 Å². The van der Waals surface area contributed by atoms with Gasteiger partial charge in [-0.25, -0.2) is 4.39 Å². The average Bonchev–Trinajstić information content (AvgIpc) is 2.51. The molecule has 0 aliphatic heterocycles. The van der Waals surface area contributed by atoms with Crippen LogP contribution in [0.5, 0.6) is 5.75 Å². The van der Waals surface area contributed by atoms with Crippen LogP contribution in [-0.4, -0.2) is 16.9 Å². The summed E-state index contributed by atoms with van der Waals surface area (Å²) < 4.78 is 17.9. The van der Waals surface area contributed by atoms with E-state index in [2.05, 4.69) is 0 Å². The highest BCUT2D eigenvalue weighted by Gasteiger charge is 2.11. The summed E-state index contributed by atoms with van der Waals surface area (Å²) in [5.41, 5.74) is 1.36. The Bertz CT molecular complexity index is 637. The molecule has 0 radical (unpaired) electrons. The van der Waals surface area contributed by atoms with Crippen molar-refractivity contribution >= 4 is 11.8 Å². The lowest BCUT2D eigenvalue weighted by atomic mass is 10.1. The van der Waals surface area contributed by atoms with Crippen molar-refractivity contribution in [2.24, 2.45) is 0 Å². The van der Waals surface area contributed by atoms with Crippen molar-refractivity contribution < 1.29 is 23.8 Å². The number of ether oxygens (including phenoxy) is 1. The van der Waals surface area contributed by atoms with E-state index in [1.165, 1.54) is 18.2 Å². The number of esters is 1. The molecule has 0 fully saturated rings. The summed E-state index contributed by atoms with van der Waals surface area (Å²) in [5.74, 6) is -1.13. The van der Waals surface area contributed by atoms with Crippen LogP contribution in [-0.2, 0) is 27.4 Å². The van der Waals surface area contributed by atoms with Crippen molar-refractivity contribution in [2.75, 3.05) is 0 Å². The Morgan fingerprint density at radius 3 is 2.52 bits per heavy atom. The molecule has 2 aromatic carbocycles. The van der Waals surface area contributed by atoms with Gasteiger partial charge >= 0.3 is 5.97 Å². The number of phenols is 1. The Kier molecular flexibility index (Phi) is 5.86. The van der Waals surface area contributed by atoms with Crippen LogP contribution in [0.15, 0.2) is 48.5 Å². The van der Waals surface area contributed by atoms with E-state index < -0.39 is 11.8 Å². The number of hydrogen-bond donors (Lipinski definition) is 1. The molecule has 0 aliphatic carbocycles. The topological polar surface area (TPSA) is 63.6 Å². The number of hydrogen-bond acceptors (Lipinski definition) is 4. The van der Waals surface area contributed by atoms with E-state index in [4.69, 9.17) is 4.74 Å². The second-order valence-electron chi connectivity index (χ2n) is 5.18. The predicted octanol–water partition coefficient (Wildman–Crippen LogP) is 3.17. The molecule has 0 heterocycles. The molecule has 0 bridgehead atoms. The van der Waals surface area contributed by atoms with Crippen molar-refractivity contribution in [3.63, 3.8) is 0 Å². The van der Waals surface area contributed by atoms with Gasteiger partial charge < -0.3 is 9.84 Å². The molecule has 2 aromatic rings. The smallest absolute Gasteiger partial charge is 0.313 e. The number of phenolic OH excluding ortho intramolecular Hbond substituents is 1. The van der Waals surface area contributed by atoms with Gasteiger partial charge in [0.2, 0.25) is 0 Å². The molecule has 2 rings (SSSR count). The maximum Gasteiger partial charge on any atom is 0.313 e.